The van der Waals surface area contributed by atoms with Gasteiger partial charge in [-0.1, -0.05) is 53.7 Å². The summed E-state index contributed by atoms with van der Waals surface area (Å²) in [5.41, 5.74) is 18.0. The fourth-order valence-electron chi connectivity index (χ4n) is 7.23. The molecule has 0 saturated heterocycles. The average molecular weight is 796 g/mol. The molecule has 0 fully saturated rings. The number of aromatic amines is 1. The van der Waals surface area contributed by atoms with Crippen molar-refractivity contribution in [3.8, 4) is 11.1 Å². The molecule has 12 nitrogen and oxygen atoms in total. The number of aryl methyl sites for hydroxylation is 1. The molecule has 0 aliphatic carbocycles. The van der Waals surface area contributed by atoms with Gasteiger partial charge in [-0.2, -0.15) is 0 Å². The first-order valence-corrected chi connectivity index (χ1v) is 20.3. The SMILES string of the molecule is Cc1[nH]c2ccccc2c1C[C@H]1C(=O)NCc2c(-c3ccncc3)ccc(Cl)c2Sc2ncccc2CN[C@@H](CCCN)C(=O)N[C@@H](CCCCN)C(=O)N1C. The number of amides is 3. The number of benzene rings is 2. The van der Waals surface area contributed by atoms with Crippen LogP contribution in [0.3, 0.4) is 0 Å². The predicted molar refractivity (Wildman–Crippen MR) is 222 cm³/mol. The molecule has 1 aliphatic heterocycles. The van der Waals surface area contributed by atoms with Gasteiger partial charge in [0.15, 0.2) is 0 Å². The van der Waals surface area contributed by atoms with Crippen molar-refractivity contribution in [1.29, 1.82) is 0 Å². The lowest BCUT2D eigenvalue weighted by Crippen LogP contribution is -2.57. The lowest BCUT2D eigenvalue weighted by molar-refractivity contribution is -0.142. The summed E-state index contributed by atoms with van der Waals surface area (Å²) < 4.78 is 0. The van der Waals surface area contributed by atoms with Gasteiger partial charge in [0.1, 0.15) is 17.1 Å². The van der Waals surface area contributed by atoms with Crippen molar-refractivity contribution >= 4 is 52.0 Å². The van der Waals surface area contributed by atoms with E-state index in [1.165, 1.54) is 16.7 Å². The zero-order chi connectivity index (χ0) is 39.6. The van der Waals surface area contributed by atoms with Crippen LogP contribution in [0.5, 0.6) is 0 Å². The molecule has 3 aromatic heterocycles. The highest BCUT2D eigenvalue weighted by molar-refractivity contribution is 7.99. The topological polar surface area (TPSA) is 184 Å². The molecule has 8 N–H and O–H groups in total. The number of hydrogen-bond acceptors (Lipinski definition) is 9. The van der Waals surface area contributed by atoms with Crippen LogP contribution in [0.4, 0.5) is 0 Å². The summed E-state index contributed by atoms with van der Waals surface area (Å²) in [5.74, 6) is -1.02. The number of fused-ring (bicyclic) bond motifs is 3. The average Bonchev–Trinajstić information content (AvgIpc) is 3.53. The highest BCUT2D eigenvalue weighted by Crippen LogP contribution is 2.41. The molecule has 5 aromatic rings. The molecule has 0 bridgehead atoms. The van der Waals surface area contributed by atoms with Gasteiger partial charge in [-0.05, 0) is 110 Å². The van der Waals surface area contributed by atoms with Crippen LogP contribution in [0.15, 0.2) is 89.2 Å². The van der Waals surface area contributed by atoms with Crippen molar-refractivity contribution in [3.05, 3.63) is 107 Å². The number of halogens is 1. The van der Waals surface area contributed by atoms with E-state index >= 15 is 0 Å². The Morgan fingerprint density at radius 1 is 0.875 bits per heavy atom. The van der Waals surface area contributed by atoms with E-state index in [2.05, 4.69) is 25.9 Å². The van der Waals surface area contributed by atoms with Gasteiger partial charge in [0, 0.05) is 66.6 Å². The summed E-state index contributed by atoms with van der Waals surface area (Å²) in [7, 11) is 1.64. The maximum absolute atomic E-state index is 14.7. The van der Waals surface area contributed by atoms with E-state index in [1.54, 1.807) is 25.6 Å². The Balaban J connectivity index is 1.48. The zero-order valence-electron chi connectivity index (χ0n) is 31.8. The van der Waals surface area contributed by atoms with Crippen LogP contribution in [0, 0.1) is 6.92 Å². The van der Waals surface area contributed by atoms with Crippen LogP contribution in [-0.2, 0) is 33.9 Å². The molecular formula is C42H50ClN9O3S. The van der Waals surface area contributed by atoms with Gasteiger partial charge in [0.25, 0.3) is 0 Å². The van der Waals surface area contributed by atoms with Crippen molar-refractivity contribution in [3.63, 3.8) is 0 Å². The van der Waals surface area contributed by atoms with E-state index in [-0.39, 0.29) is 30.7 Å². The lowest BCUT2D eigenvalue weighted by atomic mass is 9.98. The minimum absolute atomic E-state index is 0.114. The number of likely N-dealkylation sites (N-methyl/N-ethyl adjacent to an activating group) is 1. The van der Waals surface area contributed by atoms with Crippen molar-refractivity contribution in [2.45, 2.75) is 86.6 Å². The minimum Gasteiger partial charge on any atom is -0.358 e. The Bertz CT molecular complexity index is 2150. The number of carbonyl (C=O) groups is 3. The summed E-state index contributed by atoms with van der Waals surface area (Å²) in [6.45, 7) is 3.27. The Labute approximate surface area is 336 Å². The van der Waals surface area contributed by atoms with Crippen LogP contribution in [0.25, 0.3) is 22.0 Å². The van der Waals surface area contributed by atoms with E-state index in [1.807, 2.05) is 67.6 Å². The van der Waals surface area contributed by atoms with E-state index in [0.29, 0.717) is 61.8 Å². The van der Waals surface area contributed by atoms with Gasteiger partial charge in [-0.3, -0.25) is 19.4 Å². The summed E-state index contributed by atoms with van der Waals surface area (Å²) in [6, 6.07) is 16.9. The van der Waals surface area contributed by atoms with E-state index in [9.17, 15) is 14.4 Å². The third-order valence-corrected chi connectivity index (χ3v) is 12.0. The lowest BCUT2D eigenvalue weighted by Gasteiger charge is -2.32. The molecule has 1 aliphatic rings. The molecule has 0 radical (unpaired) electrons. The normalized spacial score (nSPS) is 18.6. The molecule has 0 saturated carbocycles. The van der Waals surface area contributed by atoms with Gasteiger partial charge in [-0.15, -0.1) is 0 Å². The van der Waals surface area contributed by atoms with Crippen LogP contribution >= 0.6 is 23.4 Å². The number of nitrogens with two attached hydrogens (primary N) is 2. The van der Waals surface area contributed by atoms with Gasteiger partial charge >= 0.3 is 0 Å². The Morgan fingerprint density at radius 2 is 1.64 bits per heavy atom. The first-order valence-electron chi connectivity index (χ1n) is 19.1. The summed E-state index contributed by atoms with van der Waals surface area (Å²) in [6.07, 6.45) is 8.12. The smallest absolute Gasteiger partial charge is 0.245 e. The van der Waals surface area contributed by atoms with Crippen LogP contribution in [0.2, 0.25) is 5.02 Å². The van der Waals surface area contributed by atoms with Gasteiger partial charge in [-0.25, -0.2) is 4.98 Å². The van der Waals surface area contributed by atoms with E-state index in [0.717, 1.165) is 49.3 Å². The van der Waals surface area contributed by atoms with Crippen LogP contribution < -0.4 is 27.4 Å². The molecule has 2 aromatic carbocycles. The van der Waals surface area contributed by atoms with Crippen molar-refractivity contribution < 1.29 is 14.4 Å². The number of rotatable bonds is 10. The summed E-state index contributed by atoms with van der Waals surface area (Å²) in [4.78, 5) is 58.1. The fourth-order valence-corrected chi connectivity index (χ4v) is 8.57. The van der Waals surface area contributed by atoms with Gasteiger partial charge < -0.3 is 37.3 Å². The first kappa shape index (κ1) is 40.9. The van der Waals surface area contributed by atoms with Crippen LogP contribution in [-0.4, -0.2) is 75.8 Å². The number of pyridine rings is 2. The third kappa shape index (κ3) is 9.59. The van der Waals surface area contributed by atoms with E-state index in [4.69, 9.17) is 28.1 Å². The second kappa shape index (κ2) is 19.4. The molecule has 3 atom stereocenters. The standard InChI is InChI=1S/C42H50ClN9O3S/c1-26-31(30-10-3-4-11-34(30)50-26)23-37-40(54)49-25-32-29(27-16-21-46-22-17-27)14-15-33(43)38(32)56-41-28(9-8-20-47-41)24-48-35(13-7-19-45)39(53)51-36(12-5-6-18-44)42(55)52(37)2/h3-4,8-11,14-17,20-22,35-37,48,50H,5-7,12-13,18-19,23-25,44-45H2,1-2H3,(H,49,54)(H,51,53)/t35-,36-,37-/m0/s1. The quantitative estimate of drug-likeness (QED) is 0.103. The Morgan fingerprint density at radius 3 is 2.43 bits per heavy atom. The number of para-hydroxylation sites is 1. The molecule has 0 unspecified atom stereocenters. The maximum atomic E-state index is 14.7. The van der Waals surface area contributed by atoms with Crippen molar-refractivity contribution in [2.75, 3.05) is 20.1 Å². The number of unbranched alkanes of at least 4 members (excludes halogenated alkanes) is 1. The molecular weight excluding hydrogens is 746 g/mol. The molecule has 14 heteroatoms. The highest BCUT2D eigenvalue weighted by Gasteiger charge is 2.34. The molecule has 3 amide bonds. The minimum atomic E-state index is -0.932. The molecule has 0 spiro atoms. The number of nitrogens with one attached hydrogen (secondary N) is 4. The summed E-state index contributed by atoms with van der Waals surface area (Å²) in [5, 5.41) is 11.9. The monoisotopic (exact) mass is 795 g/mol. The third-order valence-electron chi connectivity index (χ3n) is 10.3. The second-order valence-corrected chi connectivity index (χ2v) is 15.5. The Hall–Kier alpha value is -4.79. The highest BCUT2D eigenvalue weighted by atomic mass is 35.5. The van der Waals surface area contributed by atoms with Gasteiger partial charge in [0.2, 0.25) is 17.7 Å². The van der Waals surface area contributed by atoms with Crippen molar-refractivity contribution in [2.24, 2.45) is 11.5 Å². The molecule has 56 heavy (non-hydrogen) atoms. The number of nitrogens with zero attached hydrogens (tertiary/aromatic N) is 3. The number of aromatic nitrogens is 3. The van der Waals surface area contributed by atoms with Gasteiger partial charge in [0.05, 0.1) is 11.1 Å². The summed E-state index contributed by atoms with van der Waals surface area (Å²) >= 11 is 8.42. The van der Waals surface area contributed by atoms with Crippen LogP contribution in [0.1, 0.15) is 54.5 Å². The number of H-pyrrole nitrogens is 1. The predicted octanol–water partition coefficient (Wildman–Crippen LogP) is 5.25. The first-order chi connectivity index (χ1) is 27.2. The zero-order valence-corrected chi connectivity index (χ0v) is 33.4. The molecule has 6 rings (SSSR count). The second-order valence-electron chi connectivity index (χ2n) is 14.1. The fraction of sp³-hybridized carbons (Fsp3) is 0.357. The van der Waals surface area contributed by atoms with Crippen molar-refractivity contribution in [1.82, 2.24) is 35.8 Å². The number of carbonyl (C=O) groups excluding carboxylic acids is 3. The molecule has 4 heterocycles. The Kier molecular flexibility index (Phi) is 14.1. The largest absolute Gasteiger partial charge is 0.358 e. The van der Waals surface area contributed by atoms with E-state index < -0.39 is 18.1 Å². The molecule has 294 valence electrons. The number of hydrogen-bond donors (Lipinski definition) is 6. The maximum Gasteiger partial charge on any atom is 0.245 e.